The molecule has 0 saturated carbocycles. The third kappa shape index (κ3) is 3.99. The summed E-state index contributed by atoms with van der Waals surface area (Å²) in [6.07, 6.45) is 0.350. The fraction of sp³-hybridized carbons (Fsp3) is 0.412. The molecule has 9 heteroatoms. The molecule has 2 aromatic rings. The van der Waals surface area contributed by atoms with Gasteiger partial charge in [0.05, 0.1) is 26.8 Å². The Morgan fingerprint density at radius 3 is 2.69 bits per heavy atom. The van der Waals surface area contributed by atoms with Crippen LogP contribution in [0.3, 0.4) is 0 Å². The molecule has 1 aliphatic heterocycles. The molecular formula is C17H24ClN6O2+. The summed E-state index contributed by atoms with van der Waals surface area (Å²) >= 11 is 6.16. The maximum Gasteiger partial charge on any atom is 0.226 e. The van der Waals surface area contributed by atoms with Crippen molar-refractivity contribution in [1.29, 1.82) is 0 Å². The number of anilines is 2. The lowest BCUT2D eigenvalue weighted by Crippen LogP contribution is -2.73. The second kappa shape index (κ2) is 8.05. The predicted octanol–water partition coefficient (Wildman–Crippen LogP) is 0.415. The van der Waals surface area contributed by atoms with E-state index in [4.69, 9.17) is 22.2 Å². The molecule has 3 rings (SSSR count). The fourth-order valence-corrected chi connectivity index (χ4v) is 3.24. The molecule has 0 aliphatic carbocycles. The van der Waals surface area contributed by atoms with E-state index in [-0.39, 0.29) is 11.4 Å². The number of aromatic nitrogens is 2. The van der Waals surface area contributed by atoms with E-state index >= 15 is 0 Å². The highest BCUT2D eigenvalue weighted by molar-refractivity contribution is 6.28. The van der Waals surface area contributed by atoms with Crippen molar-refractivity contribution in [2.75, 3.05) is 37.2 Å². The van der Waals surface area contributed by atoms with E-state index in [1.54, 1.807) is 12.1 Å². The third-order valence-corrected chi connectivity index (χ3v) is 4.58. The number of aliphatic hydroxyl groups is 1. The molecular weight excluding hydrogens is 356 g/mol. The van der Waals surface area contributed by atoms with Gasteiger partial charge in [-0.25, -0.2) is 5.84 Å². The molecule has 1 atom stereocenters. The summed E-state index contributed by atoms with van der Waals surface area (Å²) in [5.74, 6) is 8.35. The first-order valence-electron chi connectivity index (χ1n) is 8.47. The summed E-state index contributed by atoms with van der Waals surface area (Å²) in [5, 5.41) is 13.4. The molecule has 0 amide bonds. The summed E-state index contributed by atoms with van der Waals surface area (Å²) in [7, 11) is 3.54. The van der Waals surface area contributed by atoms with Gasteiger partial charge >= 0.3 is 0 Å². The Kier molecular flexibility index (Phi) is 5.77. The summed E-state index contributed by atoms with van der Waals surface area (Å²) in [6, 6.07) is 7.68. The minimum Gasteiger partial charge on any atom is -0.497 e. The zero-order valence-electron chi connectivity index (χ0n) is 14.9. The molecule has 5 N–H and O–H groups in total. The maximum absolute atomic E-state index is 9.84. The first kappa shape index (κ1) is 18.7. The second-order valence-electron chi connectivity index (χ2n) is 6.21. The summed E-state index contributed by atoms with van der Waals surface area (Å²) < 4.78 is 5.18. The zero-order chi connectivity index (χ0) is 18.7. The highest BCUT2D eigenvalue weighted by Gasteiger charge is 2.29. The van der Waals surface area contributed by atoms with Crippen LogP contribution in [-0.4, -0.2) is 48.4 Å². The van der Waals surface area contributed by atoms with Crippen LogP contribution in [0.2, 0.25) is 5.28 Å². The lowest BCUT2D eigenvalue weighted by molar-refractivity contribution is -0.538. The number of aliphatic hydroxyl groups excluding tert-OH is 1. The van der Waals surface area contributed by atoms with Gasteiger partial charge in [-0.3, -0.25) is 5.01 Å². The number of quaternary nitrogens is 1. The Bertz CT molecular complexity index is 758. The van der Waals surface area contributed by atoms with Gasteiger partial charge in [0.15, 0.2) is 5.82 Å². The lowest BCUT2D eigenvalue weighted by atomic mass is 10.2. The fourth-order valence-electron chi connectivity index (χ4n) is 3.08. The zero-order valence-corrected chi connectivity index (χ0v) is 15.6. The molecule has 2 heterocycles. The summed E-state index contributed by atoms with van der Waals surface area (Å²) in [4.78, 5) is 10.7. The summed E-state index contributed by atoms with van der Waals surface area (Å²) in [6.45, 7) is 1.70. The minimum atomic E-state index is -0.356. The molecule has 0 unspecified atom stereocenters. The van der Waals surface area contributed by atoms with Gasteiger partial charge in [-0.2, -0.15) is 9.97 Å². The molecule has 8 nitrogen and oxygen atoms in total. The average Bonchev–Trinajstić information content (AvgIpc) is 3.08. The SMILES string of the molecule is C[NH2+]c1c(N(N)Cc2ccc(OC)cc2)nc(Cl)nc1N1CC[C@H](O)C1. The average molecular weight is 380 g/mol. The van der Waals surface area contributed by atoms with E-state index in [0.29, 0.717) is 31.1 Å². The van der Waals surface area contributed by atoms with Crippen molar-refractivity contribution in [2.45, 2.75) is 19.1 Å². The second-order valence-corrected chi connectivity index (χ2v) is 6.54. The van der Waals surface area contributed by atoms with E-state index in [1.165, 1.54) is 0 Å². The molecule has 0 bridgehead atoms. The van der Waals surface area contributed by atoms with Gasteiger partial charge in [0, 0.05) is 13.1 Å². The van der Waals surface area contributed by atoms with Crippen molar-refractivity contribution in [1.82, 2.24) is 9.97 Å². The van der Waals surface area contributed by atoms with Crippen molar-refractivity contribution in [3.8, 4) is 5.75 Å². The quantitative estimate of drug-likeness (QED) is 0.379. The van der Waals surface area contributed by atoms with Crippen LogP contribution in [0.4, 0.5) is 17.3 Å². The maximum atomic E-state index is 9.84. The Labute approximate surface area is 157 Å². The number of ether oxygens (including phenoxy) is 1. The molecule has 26 heavy (non-hydrogen) atoms. The Balaban J connectivity index is 1.88. The first-order valence-corrected chi connectivity index (χ1v) is 8.84. The minimum absolute atomic E-state index is 0.132. The molecule has 1 aromatic heterocycles. The lowest BCUT2D eigenvalue weighted by Gasteiger charge is -2.23. The number of halogens is 1. The van der Waals surface area contributed by atoms with E-state index in [1.807, 2.05) is 41.5 Å². The first-order chi connectivity index (χ1) is 12.5. The number of hydrazine groups is 1. The van der Waals surface area contributed by atoms with Crippen molar-refractivity contribution >= 4 is 28.9 Å². The van der Waals surface area contributed by atoms with Crippen LogP contribution in [0.1, 0.15) is 12.0 Å². The van der Waals surface area contributed by atoms with Crippen molar-refractivity contribution < 1.29 is 15.2 Å². The number of methoxy groups -OCH3 is 1. The van der Waals surface area contributed by atoms with Gasteiger partial charge in [-0.15, -0.1) is 0 Å². The number of nitrogens with zero attached hydrogens (tertiary/aromatic N) is 4. The Hall–Kier alpha value is -2.13. The number of hydrogen-bond donors (Lipinski definition) is 3. The highest BCUT2D eigenvalue weighted by atomic mass is 35.5. The standard InChI is InChI=1S/C17H23ClN6O2/c1-20-14-15(23-8-7-12(25)10-23)21-17(18)22-16(14)24(19)9-11-3-5-13(26-2)6-4-11/h3-6,12,20,25H,7-10,19H2,1-2H3/p+1/t12-/m0/s1. The van der Waals surface area contributed by atoms with E-state index in [0.717, 1.165) is 23.5 Å². The molecule has 0 spiro atoms. The molecule has 0 radical (unpaired) electrons. The van der Waals surface area contributed by atoms with Crippen LogP contribution in [0.25, 0.3) is 0 Å². The number of rotatable bonds is 6. The molecule has 140 valence electrons. The van der Waals surface area contributed by atoms with Gasteiger partial charge in [0.2, 0.25) is 16.8 Å². The predicted molar refractivity (Wildman–Crippen MR) is 101 cm³/mol. The number of hydrogen-bond acceptors (Lipinski definition) is 7. The topological polar surface area (TPSA) is 104 Å². The monoisotopic (exact) mass is 379 g/mol. The van der Waals surface area contributed by atoms with Crippen LogP contribution >= 0.6 is 11.6 Å². The number of β-amino-alcohol motifs (C(OH)–C–C–N with tert-alkyl or cyclic N) is 1. The molecule has 1 aromatic carbocycles. The summed E-state index contributed by atoms with van der Waals surface area (Å²) in [5.41, 5.74) is 1.82. The van der Waals surface area contributed by atoms with Crippen LogP contribution < -0.4 is 25.8 Å². The van der Waals surface area contributed by atoms with Gasteiger partial charge in [0.25, 0.3) is 0 Å². The van der Waals surface area contributed by atoms with Gasteiger partial charge in [-0.05, 0) is 35.7 Å². The van der Waals surface area contributed by atoms with Gasteiger partial charge in [-0.1, -0.05) is 12.1 Å². The van der Waals surface area contributed by atoms with Crippen LogP contribution in [-0.2, 0) is 6.54 Å². The van der Waals surface area contributed by atoms with Gasteiger partial charge in [0.1, 0.15) is 5.75 Å². The van der Waals surface area contributed by atoms with E-state index in [2.05, 4.69) is 9.97 Å². The van der Waals surface area contributed by atoms with Crippen molar-refractivity contribution in [2.24, 2.45) is 5.84 Å². The number of nitrogens with two attached hydrogens (primary N) is 2. The van der Waals surface area contributed by atoms with Crippen LogP contribution in [0.5, 0.6) is 5.75 Å². The third-order valence-electron chi connectivity index (χ3n) is 4.41. The largest absolute Gasteiger partial charge is 0.497 e. The smallest absolute Gasteiger partial charge is 0.226 e. The van der Waals surface area contributed by atoms with E-state index < -0.39 is 0 Å². The Morgan fingerprint density at radius 2 is 2.12 bits per heavy atom. The molecule has 1 fully saturated rings. The van der Waals surface area contributed by atoms with E-state index in [9.17, 15) is 5.11 Å². The van der Waals surface area contributed by atoms with Crippen LogP contribution in [0, 0.1) is 0 Å². The normalized spacial score (nSPS) is 16.8. The highest BCUT2D eigenvalue weighted by Crippen LogP contribution is 2.32. The Morgan fingerprint density at radius 1 is 1.38 bits per heavy atom. The number of benzene rings is 1. The van der Waals surface area contributed by atoms with Crippen LogP contribution in [0.15, 0.2) is 24.3 Å². The van der Waals surface area contributed by atoms with Crippen molar-refractivity contribution in [3.05, 3.63) is 35.1 Å². The molecule has 1 aliphatic rings. The molecule has 1 saturated heterocycles. The van der Waals surface area contributed by atoms with Crippen molar-refractivity contribution in [3.63, 3.8) is 0 Å². The van der Waals surface area contributed by atoms with Gasteiger partial charge < -0.3 is 20.1 Å².